The Bertz CT molecular complexity index is 1060. The van der Waals surface area contributed by atoms with Crippen molar-refractivity contribution in [1.82, 2.24) is 4.57 Å². The molecule has 3 aromatic rings. The Hall–Kier alpha value is -2.38. The molecule has 1 fully saturated rings. The molecule has 0 aliphatic carbocycles. The Labute approximate surface area is 160 Å². The van der Waals surface area contributed by atoms with Crippen LogP contribution in [0.15, 0.2) is 29.1 Å². The number of thiophene rings is 1. The van der Waals surface area contributed by atoms with Gasteiger partial charge in [-0.3, -0.25) is 4.79 Å². The quantitative estimate of drug-likeness (QED) is 0.627. The van der Waals surface area contributed by atoms with Crippen LogP contribution in [-0.2, 0) is 16.5 Å². The fourth-order valence-corrected chi connectivity index (χ4v) is 4.62. The van der Waals surface area contributed by atoms with Gasteiger partial charge in [0.05, 0.1) is 22.9 Å². The number of esters is 1. The molecule has 0 spiro atoms. The molecule has 0 bridgehead atoms. The number of carbonyl (C=O) groups is 1. The van der Waals surface area contributed by atoms with E-state index < -0.39 is 5.97 Å². The number of aromatic nitrogens is 1. The maximum Gasteiger partial charge on any atom is 0.352 e. The van der Waals surface area contributed by atoms with Crippen molar-refractivity contribution in [2.45, 2.75) is 25.9 Å². The van der Waals surface area contributed by atoms with Gasteiger partial charge in [0.2, 0.25) is 0 Å². The number of nitrogens with zero attached hydrogens (tertiary/aromatic N) is 1. The fraction of sp³-hybridized carbons (Fsp3) is 0.400. The van der Waals surface area contributed by atoms with Crippen LogP contribution in [0.1, 0.15) is 29.4 Å². The van der Waals surface area contributed by atoms with E-state index in [4.69, 9.17) is 14.2 Å². The smallest absolute Gasteiger partial charge is 0.352 e. The molecule has 1 aliphatic rings. The molecule has 1 saturated heterocycles. The number of para-hydroxylation sites is 1. The van der Waals surface area contributed by atoms with Crippen LogP contribution in [0, 0.1) is 0 Å². The summed E-state index contributed by atoms with van der Waals surface area (Å²) in [5, 5.41) is 1.35. The molecular formula is C20H21NO5S. The van der Waals surface area contributed by atoms with Crippen molar-refractivity contribution in [3.05, 3.63) is 39.5 Å². The summed E-state index contributed by atoms with van der Waals surface area (Å²) >= 11 is 1.25. The highest BCUT2D eigenvalue weighted by atomic mass is 32.1. The number of carbonyl (C=O) groups excluding carboxylic acids is 1. The lowest BCUT2D eigenvalue weighted by atomic mass is 10.1. The Kier molecular flexibility index (Phi) is 4.88. The van der Waals surface area contributed by atoms with Crippen LogP contribution in [-0.4, -0.2) is 36.5 Å². The van der Waals surface area contributed by atoms with Crippen molar-refractivity contribution in [3.8, 4) is 5.75 Å². The van der Waals surface area contributed by atoms with E-state index in [9.17, 15) is 9.59 Å². The number of fused-ring (bicyclic) bond motifs is 3. The van der Waals surface area contributed by atoms with Gasteiger partial charge in [-0.05, 0) is 25.8 Å². The Morgan fingerprint density at radius 2 is 2.19 bits per heavy atom. The first-order valence-electron chi connectivity index (χ1n) is 9.07. The summed E-state index contributed by atoms with van der Waals surface area (Å²) in [6, 6.07) is 7.66. The zero-order valence-electron chi connectivity index (χ0n) is 15.3. The summed E-state index contributed by atoms with van der Waals surface area (Å²) in [6.45, 7) is 3.05. The topological polar surface area (TPSA) is 66.8 Å². The molecule has 2 aromatic heterocycles. The van der Waals surface area contributed by atoms with Crippen LogP contribution >= 0.6 is 11.3 Å². The van der Waals surface area contributed by atoms with Gasteiger partial charge in [-0.25, -0.2) is 4.79 Å². The summed E-state index contributed by atoms with van der Waals surface area (Å²) in [5.41, 5.74) is 0.634. The van der Waals surface area contributed by atoms with Crippen molar-refractivity contribution in [2.24, 2.45) is 7.05 Å². The Balaban J connectivity index is 1.92. The SMILES string of the molecule is CCOC(=O)c1sc2c(c1OCC1CCCO1)c(=O)n(C)c1ccccc21. The molecule has 142 valence electrons. The lowest BCUT2D eigenvalue weighted by Crippen LogP contribution is -2.20. The number of benzene rings is 1. The highest BCUT2D eigenvalue weighted by Crippen LogP contribution is 2.40. The van der Waals surface area contributed by atoms with Gasteiger partial charge in [0, 0.05) is 19.0 Å². The van der Waals surface area contributed by atoms with Crippen LogP contribution in [0.2, 0.25) is 0 Å². The molecule has 0 N–H and O–H groups in total. The second-order valence-corrected chi connectivity index (χ2v) is 7.53. The second-order valence-electron chi connectivity index (χ2n) is 6.51. The number of rotatable bonds is 5. The summed E-state index contributed by atoms with van der Waals surface area (Å²) < 4.78 is 19.2. The van der Waals surface area contributed by atoms with E-state index in [0.29, 0.717) is 22.6 Å². The molecule has 1 aromatic carbocycles. The van der Waals surface area contributed by atoms with E-state index >= 15 is 0 Å². The minimum Gasteiger partial charge on any atom is -0.488 e. The van der Waals surface area contributed by atoms with Crippen molar-refractivity contribution < 1.29 is 19.0 Å². The third-order valence-electron chi connectivity index (χ3n) is 4.79. The van der Waals surface area contributed by atoms with Gasteiger partial charge in [0.15, 0.2) is 10.6 Å². The summed E-state index contributed by atoms with van der Waals surface area (Å²) in [5.74, 6) is -0.150. The summed E-state index contributed by atoms with van der Waals surface area (Å²) in [7, 11) is 1.73. The zero-order valence-corrected chi connectivity index (χ0v) is 16.1. The van der Waals surface area contributed by atoms with Gasteiger partial charge in [0.1, 0.15) is 12.0 Å². The molecule has 7 heteroatoms. The predicted octanol–water partition coefficient (Wildman–Crippen LogP) is 3.49. The first-order valence-corrected chi connectivity index (χ1v) is 9.89. The highest BCUT2D eigenvalue weighted by molar-refractivity contribution is 7.22. The van der Waals surface area contributed by atoms with Gasteiger partial charge in [-0.15, -0.1) is 11.3 Å². The molecule has 0 amide bonds. The molecule has 4 rings (SSSR count). The molecule has 3 heterocycles. The van der Waals surface area contributed by atoms with Gasteiger partial charge in [-0.1, -0.05) is 18.2 Å². The summed E-state index contributed by atoms with van der Waals surface area (Å²) in [6.07, 6.45) is 1.90. The van der Waals surface area contributed by atoms with E-state index in [-0.39, 0.29) is 18.3 Å². The molecule has 0 radical (unpaired) electrons. The van der Waals surface area contributed by atoms with Gasteiger partial charge >= 0.3 is 5.97 Å². The Morgan fingerprint density at radius 1 is 1.37 bits per heavy atom. The third-order valence-corrected chi connectivity index (χ3v) is 5.98. The summed E-state index contributed by atoms with van der Waals surface area (Å²) in [4.78, 5) is 25.9. The Morgan fingerprint density at radius 3 is 2.93 bits per heavy atom. The number of pyridine rings is 1. The zero-order chi connectivity index (χ0) is 19.0. The second kappa shape index (κ2) is 7.32. The van der Waals surface area contributed by atoms with Gasteiger partial charge in [-0.2, -0.15) is 0 Å². The molecule has 1 aliphatic heterocycles. The monoisotopic (exact) mass is 387 g/mol. The first kappa shape index (κ1) is 18.0. The van der Waals surface area contributed by atoms with E-state index in [0.717, 1.165) is 35.1 Å². The number of hydrogen-bond acceptors (Lipinski definition) is 6. The number of ether oxygens (including phenoxy) is 3. The predicted molar refractivity (Wildman–Crippen MR) is 105 cm³/mol. The van der Waals surface area contributed by atoms with Crippen molar-refractivity contribution in [2.75, 3.05) is 19.8 Å². The molecule has 27 heavy (non-hydrogen) atoms. The fourth-order valence-electron chi connectivity index (χ4n) is 3.46. The first-order chi connectivity index (χ1) is 13.1. The van der Waals surface area contributed by atoms with E-state index in [1.165, 1.54) is 11.3 Å². The average molecular weight is 387 g/mol. The number of aryl methyl sites for hydroxylation is 1. The highest BCUT2D eigenvalue weighted by Gasteiger charge is 2.27. The molecule has 1 unspecified atom stereocenters. The molecule has 6 nitrogen and oxygen atoms in total. The molecule has 0 saturated carbocycles. The van der Waals surface area contributed by atoms with Crippen LogP contribution in [0.25, 0.3) is 21.0 Å². The molecule has 1 atom stereocenters. The van der Waals surface area contributed by atoms with Crippen LogP contribution in [0.3, 0.4) is 0 Å². The minimum atomic E-state index is -0.466. The standard InChI is InChI=1S/C20H21NO5S/c1-3-24-20(23)18-16(26-11-12-7-6-10-25-12)15-17(27-18)13-8-4-5-9-14(13)21(2)19(15)22/h4-5,8-9,12H,3,6-7,10-11H2,1-2H3. The molecular weight excluding hydrogens is 366 g/mol. The lowest BCUT2D eigenvalue weighted by Gasteiger charge is -2.12. The maximum absolute atomic E-state index is 13.1. The van der Waals surface area contributed by atoms with Gasteiger partial charge < -0.3 is 18.8 Å². The van der Waals surface area contributed by atoms with Crippen LogP contribution < -0.4 is 10.3 Å². The van der Waals surface area contributed by atoms with E-state index in [1.807, 2.05) is 24.3 Å². The third kappa shape index (κ3) is 3.11. The number of hydrogen-bond donors (Lipinski definition) is 0. The average Bonchev–Trinajstić information content (AvgIpc) is 3.32. The lowest BCUT2D eigenvalue weighted by molar-refractivity contribution is 0.0512. The minimum absolute atomic E-state index is 0.0145. The van der Waals surface area contributed by atoms with Crippen molar-refractivity contribution in [1.29, 1.82) is 0 Å². The van der Waals surface area contributed by atoms with E-state index in [1.54, 1.807) is 18.5 Å². The maximum atomic E-state index is 13.1. The normalized spacial score (nSPS) is 16.9. The van der Waals surface area contributed by atoms with Crippen molar-refractivity contribution in [3.63, 3.8) is 0 Å². The van der Waals surface area contributed by atoms with Crippen LogP contribution in [0.4, 0.5) is 0 Å². The van der Waals surface area contributed by atoms with Gasteiger partial charge in [0.25, 0.3) is 5.56 Å². The van der Waals surface area contributed by atoms with E-state index in [2.05, 4.69) is 0 Å². The van der Waals surface area contributed by atoms with Crippen LogP contribution in [0.5, 0.6) is 5.75 Å². The van der Waals surface area contributed by atoms with Crippen molar-refractivity contribution >= 4 is 38.3 Å². The largest absolute Gasteiger partial charge is 0.488 e.